The molecule has 2 N–H and O–H groups in total. The molecule has 1 unspecified atom stereocenters. The number of amides is 1. The molecule has 2 rings (SSSR count). The lowest BCUT2D eigenvalue weighted by molar-refractivity contribution is -0.143. The van der Waals surface area contributed by atoms with Gasteiger partial charge >= 0.3 is 5.97 Å². The zero-order chi connectivity index (χ0) is 14.7. The van der Waals surface area contributed by atoms with E-state index in [9.17, 15) is 9.59 Å². The molecule has 6 heteroatoms. The number of aromatic nitrogens is 1. The maximum atomic E-state index is 11.7. The molecule has 0 saturated carbocycles. The lowest BCUT2D eigenvalue weighted by Gasteiger charge is -2.42. The number of hydrogen-bond acceptors (Lipinski definition) is 4. The van der Waals surface area contributed by atoms with E-state index < -0.39 is 5.97 Å². The number of aliphatic carboxylic acids is 1. The van der Waals surface area contributed by atoms with Crippen molar-refractivity contribution in [3.8, 4) is 0 Å². The Bertz CT molecular complexity index is 512. The van der Waals surface area contributed by atoms with Gasteiger partial charge in [-0.2, -0.15) is 0 Å². The molecule has 1 atom stereocenters. The Kier molecular flexibility index (Phi) is 4.22. The normalized spacial score (nSPS) is 16.4. The number of carbonyl (C=O) groups is 2. The summed E-state index contributed by atoms with van der Waals surface area (Å²) in [6.07, 6.45) is 1.61. The zero-order valence-corrected chi connectivity index (χ0v) is 11.7. The first kappa shape index (κ1) is 14.3. The highest BCUT2D eigenvalue weighted by Gasteiger charge is 2.34. The average molecular weight is 277 g/mol. The molecule has 1 amide bonds. The molecular weight excluding hydrogens is 258 g/mol. The fourth-order valence-electron chi connectivity index (χ4n) is 2.23. The summed E-state index contributed by atoms with van der Waals surface area (Å²) < 4.78 is 0. The van der Waals surface area contributed by atoms with Crippen LogP contribution in [0, 0.1) is 11.8 Å². The SMILES string of the molecule is CCNC(=O)c1cc(N2CC(C(C)C(=O)O)C2)ccn1. The molecule has 1 saturated heterocycles. The minimum absolute atomic E-state index is 0.161. The number of nitrogens with one attached hydrogen (secondary N) is 1. The summed E-state index contributed by atoms with van der Waals surface area (Å²) in [5.41, 5.74) is 1.30. The molecule has 2 heterocycles. The lowest BCUT2D eigenvalue weighted by Crippen LogP contribution is -2.51. The van der Waals surface area contributed by atoms with Gasteiger partial charge in [0, 0.05) is 37.4 Å². The Morgan fingerprint density at radius 2 is 2.25 bits per heavy atom. The van der Waals surface area contributed by atoms with Gasteiger partial charge in [0.1, 0.15) is 5.69 Å². The fourth-order valence-corrected chi connectivity index (χ4v) is 2.23. The van der Waals surface area contributed by atoms with Gasteiger partial charge in [0.15, 0.2) is 0 Å². The predicted molar refractivity (Wildman–Crippen MR) is 74.7 cm³/mol. The van der Waals surface area contributed by atoms with Crippen LogP contribution < -0.4 is 10.2 Å². The molecule has 1 aromatic rings. The van der Waals surface area contributed by atoms with Crippen molar-refractivity contribution in [1.29, 1.82) is 0 Å². The number of carbonyl (C=O) groups excluding carboxylic acids is 1. The first-order valence-electron chi connectivity index (χ1n) is 6.75. The summed E-state index contributed by atoms with van der Waals surface area (Å²) in [7, 11) is 0. The molecule has 20 heavy (non-hydrogen) atoms. The van der Waals surface area contributed by atoms with Crippen molar-refractivity contribution >= 4 is 17.6 Å². The van der Waals surface area contributed by atoms with E-state index in [0.29, 0.717) is 25.3 Å². The molecule has 0 aromatic carbocycles. The summed E-state index contributed by atoms with van der Waals surface area (Å²) in [6.45, 7) is 5.55. The van der Waals surface area contributed by atoms with Crippen molar-refractivity contribution in [2.75, 3.05) is 24.5 Å². The van der Waals surface area contributed by atoms with Crippen LogP contribution in [0.5, 0.6) is 0 Å². The van der Waals surface area contributed by atoms with Gasteiger partial charge < -0.3 is 15.3 Å². The van der Waals surface area contributed by atoms with Crippen LogP contribution in [0.4, 0.5) is 5.69 Å². The van der Waals surface area contributed by atoms with Crippen LogP contribution in [-0.2, 0) is 4.79 Å². The highest BCUT2D eigenvalue weighted by molar-refractivity contribution is 5.93. The van der Waals surface area contributed by atoms with E-state index in [0.717, 1.165) is 5.69 Å². The Labute approximate surface area is 117 Å². The van der Waals surface area contributed by atoms with Crippen LogP contribution in [0.2, 0.25) is 0 Å². The van der Waals surface area contributed by atoms with Crippen LogP contribution in [-0.4, -0.2) is 41.6 Å². The molecule has 1 aromatic heterocycles. The molecular formula is C14H19N3O3. The van der Waals surface area contributed by atoms with E-state index in [1.54, 1.807) is 19.2 Å². The summed E-state index contributed by atoms with van der Waals surface area (Å²) in [4.78, 5) is 28.7. The maximum Gasteiger partial charge on any atom is 0.306 e. The molecule has 0 radical (unpaired) electrons. The number of hydrogen-bond donors (Lipinski definition) is 2. The van der Waals surface area contributed by atoms with Gasteiger partial charge in [0.05, 0.1) is 5.92 Å². The van der Waals surface area contributed by atoms with E-state index in [-0.39, 0.29) is 17.7 Å². The molecule has 0 spiro atoms. The Morgan fingerprint density at radius 3 is 2.85 bits per heavy atom. The third-order valence-electron chi connectivity index (χ3n) is 3.69. The Morgan fingerprint density at radius 1 is 1.55 bits per heavy atom. The first-order valence-corrected chi connectivity index (χ1v) is 6.75. The molecule has 6 nitrogen and oxygen atoms in total. The quantitative estimate of drug-likeness (QED) is 0.838. The minimum atomic E-state index is -0.757. The van der Waals surface area contributed by atoms with Crippen LogP contribution >= 0.6 is 0 Å². The number of pyridine rings is 1. The third kappa shape index (κ3) is 2.89. The van der Waals surface area contributed by atoms with Crippen molar-refractivity contribution in [1.82, 2.24) is 10.3 Å². The molecule has 1 fully saturated rings. The average Bonchev–Trinajstić information content (AvgIpc) is 2.37. The van der Waals surface area contributed by atoms with E-state index in [1.807, 2.05) is 13.0 Å². The first-order chi connectivity index (χ1) is 9.52. The van der Waals surface area contributed by atoms with Gasteiger partial charge in [-0.15, -0.1) is 0 Å². The van der Waals surface area contributed by atoms with Gasteiger partial charge in [0.25, 0.3) is 5.91 Å². The number of carboxylic acid groups (broad SMARTS) is 1. The second-order valence-corrected chi connectivity index (χ2v) is 5.05. The molecule has 108 valence electrons. The highest BCUT2D eigenvalue weighted by Crippen LogP contribution is 2.29. The number of anilines is 1. The largest absolute Gasteiger partial charge is 0.481 e. The topological polar surface area (TPSA) is 82.5 Å². The summed E-state index contributed by atoms with van der Waals surface area (Å²) in [5, 5.41) is 11.7. The fraction of sp³-hybridized carbons (Fsp3) is 0.500. The van der Waals surface area contributed by atoms with Gasteiger partial charge in [-0.3, -0.25) is 14.6 Å². The van der Waals surface area contributed by atoms with Crippen LogP contribution in [0.25, 0.3) is 0 Å². The molecule has 0 bridgehead atoms. The smallest absolute Gasteiger partial charge is 0.306 e. The van der Waals surface area contributed by atoms with Crippen LogP contribution in [0.3, 0.4) is 0 Å². The summed E-state index contributed by atoms with van der Waals surface area (Å²) in [5.74, 6) is -1.12. The molecule has 1 aliphatic rings. The monoisotopic (exact) mass is 277 g/mol. The summed E-state index contributed by atoms with van der Waals surface area (Å²) in [6, 6.07) is 3.58. The molecule has 1 aliphatic heterocycles. The van der Waals surface area contributed by atoms with Crippen molar-refractivity contribution in [2.24, 2.45) is 11.8 Å². The Balaban J connectivity index is 2.00. The minimum Gasteiger partial charge on any atom is -0.481 e. The zero-order valence-electron chi connectivity index (χ0n) is 11.7. The standard InChI is InChI=1S/C14H19N3O3/c1-3-15-13(18)12-6-11(4-5-16-12)17-7-10(8-17)9(2)14(19)20/h4-6,9-10H,3,7-8H2,1-2H3,(H,15,18)(H,19,20). The van der Waals surface area contributed by atoms with Crippen molar-refractivity contribution in [2.45, 2.75) is 13.8 Å². The third-order valence-corrected chi connectivity index (χ3v) is 3.69. The van der Waals surface area contributed by atoms with Gasteiger partial charge in [-0.1, -0.05) is 6.92 Å². The maximum absolute atomic E-state index is 11.7. The van der Waals surface area contributed by atoms with Crippen LogP contribution in [0.1, 0.15) is 24.3 Å². The number of carboxylic acids is 1. The number of rotatable bonds is 5. The van der Waals surface area contributed by atoms with E-state index in [4.69, 9.17) is 5.11 Å². The second kappa shape index (κ2) is 5.90. The van der Waals surface area contributed by atoms with Gasteiger partial charge in [-0.05, 0) is 19.1 Å². The Hall–Kier alpha value is -2.11. The van der Waals surface area contributed by atoms with Crippen molar-refractivity contribution < 1.29 is 14.7 Å². The van der Waals surface area contributed by atoms with Gasteiger partial charge in [0.2, 0.25) is 0 Å². The van der Waals surface area contributed by atoms with Crippen molar-refractivity contribution in [3.63, 3.8) is 0 Å². The van der Waals surface area contributed by atoms with Gasteiger partial charge in [-0.25, -0.2) is 0 Å². The number of nitrogens with zero attached hydrogens (tertiary/aromatic N) is 2. The summed E-state index contributed by atoms with van der Waals surface area (Å²) >= 11 is 0. The van der Waals surface area contributed by atoms with Crippen LogP contribution in [0.15, 0.2) is 18.3 Å². The highest BCUT2D eigenvalue weighted by atomic mass is 16.4. The molecule has 0 aliphatic carbocycles. The van der Waals surface area contributed by atoms with E-state index >= 15 is 0 Å². The lowest BCUT2D eigenvalue weighted by atomic mass is 9.87. The van der Waals surface area contributed by atoms with E-state index in [1.165, 1.54) is 0 Å². The second-order valence-electron chi connectivity index (χ2n) is 5.05. The van der Waals surface area contributed by atoms with E-state index in [2.05, 4.69) is 15.2 Å². The predicted octanol–water partition coefficient (Wildman–Crippen LogP) is 0.988. The van der Waals surface area contributed by atoms with Crippen molar-refractivity contribution in [3.05, 3.63) is 24.0 Å².